The molecule has 30 heavy (non-hydrogen) atoms. The van der Waals surface area contributed by atoms with Crippen LogP contribution in [0.2, 0.25) is 0 Å². The highest BCUT2D eigenvalue weighted by atomic mass is 16.5. The third-order valence-electron chi connectivity index (χ3n) is 4.94. The molecule has 0 saturated carbocycles. The number of benzene rings is 1. The smallest absolute Gasteiger partial charge is 0.193 e. The summed E-state index contributed by atoms with van der Waals surface area (Å²) in [4.78, 5) is 12.9. The number of ether oxygens (including phenoxy) is 3. The Labute approximate surface area is 178 Å². The molecule has 5 nitrogen and oxygen atoms in total. The average molecular weight is 411 g/mol. The molecule has 0 fully saturated rings. The first-order valence-corrected chi connectivity index (χ1v) is 9.79. The van der Waals surface area contributed by atoms with Gasteiger partial charge in [0, 0.05) is 6.07 Å². The SMILES string of the molecule is C\C=C/C(=C\C=C\OC)C/C=C/C(=O)c1c(OC)cc2c(c1O)C=C(C)C(C)(C)O2. The van der Waals surface area contributed by atoms with Crippen molar-refractivity contribution < 1.29 is 24.1 Å². The van der Waals surface area contributed by atoms with Gasteiger partial charge in [0.05, 0.1) is 26.0 Å². The third kappa shape index (κ3) is 5.23. The highest BCUT2D eigenvalue weighted by Gasteiger charge is 2.31. The summed E-state index contributed by atoms with van der Waals surface area (Å²) in [5.41, 5.74) is 2.07. The summed E-state index contributed by atoms with van der Waals surface area (Å²) in [6.45, 7) is 7.76. The lowest BCUT2D eigenvalue weighted by atomic mass is 9.91. The number of hydrogen-bond donors (Lipinski definition) is 1. The first-order chi connectivity index (χ1) is 14.2. The van der Waals surface area contributed by atoms with Gasteiger partial charge >= 0.3 is 0 Å². The summed E-state index contributed by atoms with van der Waals surface area (Å²) >= 11 is 0. The maximum Gasteiger partial charge on any atom is 0.193 e. The molecule has 0 aliphatic carbocycles. The minimum absolute atomic E-state index is 0.121. The van der Waals surface area contributed by atoms with Gasteiger partial charge in [-0.3, -0.25) is 4.79 Å². The molecule has 1 aromatic carbocycles. The first kappa shape index (κ1) is 23.1. The number of phenols is 1. The lowest BCUT2D eigenvalue weighted by molar-refractivity contribution is 0.104. The molecular weight excluding hydrogens is 380 g/mol. The van der Waals surface area contributed by atoms with Crippen LogP contribution in [0.5, 0.6) is 17.2 Å². The van der Waals surface area contributed by atoms with E-state index in [1.165, 1.54) is 13.2 Å². The fraction of sp³-hybridized carbons (Fsp3) is 0.320. The fourth-order valence-electron chi connectivity index (χ4n) is 3.04. The number of carbonyl (C=O) groups excluding carboxylic acids is 1. The molecule has 0 atom stereocenters. The van der Waals surface area contributed by atoms with E-state index >= 15 is 0 Å². The van der Waals surface area contributed by atoms with E-state index in [0.29, 0.717) is 17.7 Å². The molecule has 1 aliphatic heterocycles. The molecule has 2 rings (SSSR count). The molecule has 160 valence electrons. The molecule has 0 spiro atoms. The zero-order valence-electron chi connectivity index (χ0n) is 18.5. The van der Waals surface area contributed by atoms with Crippen molar-refractivity contribution in [3.63, 3.8) is 0 Å². The maximum absolute atomic E-state index is 12.9. The van der Waals surface area contributed by atoms with Crippen LogP contribution in [0, 0.1) is 0 Å². The molecule has 0 aromatic heterocycles. The Morgan fingerprint density at radius 1 is 1.27 bits per heavy atom. The maximum atomic E-state index is 12.9. The van der Waals surface area contributed by atoms with Crippen molar-refractivity contribution in [2.75, 3.05) is 14.2 Å². The summed E-state index contributed by atoms with van der Waals surface area (Å²) in [5.74, 6) is 0.289. The second-order valence-corrected chi connectivity index (χ2v) is 7.43. The molecular formula is C25H30O5. The van der Waals surface area contributed by atoms with Crippen molar-refractivity contribution in [3.8, 4) is 17.2 Å². The van der Waals surface area contributed by atoms with E-state index in [1.54, 1.807) is 31.6 Å². The lowest BCUT2D eigenvalue weighted by Crippen LogP contribution is -2.32. The fourth-order valence-corrected chi connectivity index (χ4v) is 3.04. The third-order valence-corrected chi connectivity index (χ3v) is 4.94. The van der Waals surface area contributed by atoms with Gasteiger partial charge < -0.3 is 19.3 Å². The molecule has 5 heteroatoms. The Kier molecular flexibility index (Phi) is 7.70. The molecule has 0 saturated heterocycles. The van der Waals surface area contributed by atoms with Crippen LogP contribution in [-0.2, 0) is 4.74 Å². The summed E-state index contributed by atoms with van der Waals surface area (Å²) in [5, 5.41) is 10.8. The molecule has 1 aromatic rings. The van der Waals surface area contributed by atoms with Crippen molar-refractivity contribution >= 4 is 11.9 Å². The zero-order valence-corrected chi connectivity index (χ0v) is 18.5. The van der Waals surface area contributed by atoms with Gasteiger partial charge in [-0.1, -0.05) is 24.3 Å². The van der Waals surface area contributed by atoms with Crippen LogP contribution in [0.15, 0.2) is 59.9 Å². The van der Waals surface area contributed by atoms with Gasteiger partial charge in [-0.2, -0.15) is 0 Å². The minimum atomic E-state index is -0.497. The van der Waals surface area contributed by atoms with Crippen LogP contribution in [0.1, 0.15) is 50.0 Å². The summed E-state index contributed by atoms with van der Waals surface area (Å²) < 4.78 is 16.3. The van der Waals surface area contributed by atoms with Gasteiger partial charge in [-0.25, -0.2) is 0 Å². The Balaban J connectivity index is 2.35. The van der Waals surface area contributed by atoms with Crippen LogP contribution in [-0.4, -0.2) is 30.7 Å². The number of fused-ring (bicyclic) bond motifs is 1. The normalized spacial score (nSPS) is 15.9. The van der Waals surface area contributed by atoms with Gasteiger partial charge in [0.25, 0.3) is 0 Å². The molecule has 0 radical (unpaired) electrons. The Bertz CT molecular complexity index is 943. The van der Waals surface area contributed by atoms with Gasteiger partial charge in [-0.15, -0.1) is 0 Å². The van der Waals surface area contributed by atoms with Crippen LogP contribution >= 0.6 is 0 Å². The second kappa shape index (κ2) is 10.0. The summed E-state index contributed by atoms with van der Waals surface area (Å²) in [6.07, 6.45) is 14.8. The molecule has 0 bridgehead atoms. The van der Waals surface area contributed by atoms with E-state index in [-0.39, 0.29) is 22.8 Å². The van der Waals surface area contributed by atoms with Crippen LogP contribution in [0.3, 0.4) is 0 Å². The molecule has 0 amide bonds. The number of rotatable bonds is 8. The number of hydrogen-bond acceptors (Lipinski definition) is 5. The van der Waals surface area contributed by atoms with E-state index in [2.05, 4.69) is 0 Å². The monoisotopic (exact) mass is 410 g/mol. The van der Waals surface area contributed by atoms with Crippen molar-refractivity contribution in [1.82, 2.24) is 0 Å². The zero-order chi connectivity index (χ0) is 22.3. The van der Waals surface area contributed by atoms with Gasteiger partial charge in [-0.05, 0) is 63.5 Å². The van der Waals surface area contributed by atoms with Crippen molar-refractivity contribution in [3.05, 3.63) is 71.1 Å². The molecule has 0 unspecified atom stereocenters. The highest BCUT2D eigenvalue weighted by Crippen LogP contribution is 2.45. The number of aromatic hydroxyl groups is 1. The predicted octanol–water partition coefficient (Wildman–Crippen LogP) is 5.77. The Morgan fingerprint density at radius 2 is 2.00 bits per heavy atom. The van der Waals surface area contributed by atoms with Crippen molar-refractivity contribution in [2.45, 2.75) is 39.7 Å². The Morgan fingerprint density at radius 3 is 2.63 bits per heavy atom. The molecule has 1 aliphatic rings. The number of allylic oxidation sites excluding steroid dienone is 7. The largest absolute Gasteiger partial charge is 0.506 e. The van der Waals surface area contributed by atoms with E-state index in [0.717, 1.165) is 11.1 Å². The second-order valence-electron chi connectivity index (χ2n) is 7.43. The number of phenolic OH excluding ortho intramolecular Hbond substituents is 1. The highest BCUT2D eigenvalue weighted by molar-refractivity contribution is 6.09. The van der Waals surface area contributed by atoms with Crippen molar-refractivity contribution in [2.24, 2.45) is 0 Å². The number of methoxy groups -OCH3 is 2. The standard InChI is InChI=1S/C25H30O5/c1-7-10-18(12-9-14-28-5)11-8-13-20(26)23-22(29-6)16-21-19(24(23)27)15-17(2)25(3,4)30-21/h7-10,12-16,27H,11H2,1-6H3/b10-7-,13-8+,14-9+,18-12+. The van der Waals surface area contributed by atoms with Crippen molar-refractivity contribution in [1.29, 1.82) is 0 Å². The van der Waals surface area contributed by atoms with Crippen LogP contribution in [0.4, 0.5) is 0 Å². The summed E-state index contributed by atoms with van der Waals surface area (Å²) in [7, 11) is 3.05. The molecule has 1 N–H and O–H groups in total. The van der Waals surface area contributed by atoms with E-state index in [9.17, 15) is 9.90 Å². The molecule has 1 heterocycles. The topological polar surface area (TPSA) is 65.0 Å². The Hall–Kier alpha value is -3.21. The first-order valence-electron chi connectivity index (χ1n) is 9.79. The van der Waals surface area contributed by atoms with E-state index in [4.69, 9.17) is 14.2 Å². The quantitative estimate of drug-likeness (QED) is 0.255. The average Bonchev–Trinajstić information content (AvgIpc) is 2.69. The van der Waals surface area contributed by atoms with Gasteiger partial charge in [0.15, 0.2) is 5.78 Å². The minimum Gasteiger partial charge on any atom is -0.506 e. The predicted molar refractivity (Wildman–Crippen MR) is 120 cm³/mol. The van der Waals surface area contributed by atoms with Crippen LogP contribution in [0.25, 0.3) is 6.08 Å². The number of ketones is 1. The van der Waals surface area contributed by atoms with Crippen LogP contribution < -0.4 is 9.47 Å². The van der Waals surface area contributed by atoms with Gasteiger partial charge in [0.1, 0.15) is 28.4 Å². The summed E-state index contributed by atoms with van der Waals surface area (Å²) in [6, 6.07) is 1.65. The number of carbonyl (C=O) groups is 1. The van der Waals surface area contributed by atoms with E-state index < -0.39 is 5.60 Å². The van der Waals surface area contributed by atoms with E-state index in [1.807, 2.05) is 52.0 Å². The lowest BCUT2D eigenvalue weighted by Gasteiger charge is -2.33. The van der Waals surface area contributed by atoms with Gasteiger partial charge in [0.2, 0.25) is 0 Å².